The molecule has 0 amide bonds. The van der Waals surface area contributed by atoms with Gasteiger partial charge in [0.1, 0.15) is 18.5 Å². The minimum Gasteiger partial charge on any atom is -0.465 e. The first kappa shape index (κ1) is 22.8. The van der Waals surface area contributed by atoms with Gasteiger partial charge in [0.15, 0.2) is 0 Å². The first-order valence-corrected chi connectivity index (χ1v) is 12.5. The van der Waals surface area contributed by atoms with Crippen molar-refractivity contribution in [1.29, 1.82) is 0 Å². The van der Waals surface area contributed by atoms with Crippen LogP contribution < -0.4 is 0 Å². The lowest BCUT2D eigenvalue weighted by Gasteiger charge is -2.62. The predicted molar refractivity (Wildman–Crippen MR) is 117 cm³/mol. The van der Waals surface area contributed by atoms with Gasteiger partial charge in [0.25, 0.3) is 12.9 Å². The van der Waals surface area contributed by atoms with Gasteiger partial charge in [0, 0.05) is 12.3 Å². The van der Waals surface area contributed by atoms with Crippen molar-refractivity contribution >= 4 is 19.2 Å². The molecule has 0 radical (unpaired) electrons. The third-order valence-corrected chi connectivity index (χ3v) is 10.6. The SMILES string of the molecule is C[C@H](CCC=O)[C@H]1CC[C@H]2[C@@H]3[C@H](OC=O)C[C@@H]4C[C@H](OC=O)CC[C@]4(C)[C@H]3CC[C@]12C. The number of ether oxygens (including phenoxy) is 2. The monoisotopic (exact) mass is 432 g/mol. The topological polar surface area (TPSA) is 69.7 Å². The number of hydrogen-bond donors (Lipinski definition) is 0. The van der Waals surface area contributed by atoms with E-state index in [1.165, 1.54) is 25.7 Å². The van der Waals surface area contributed by atoms with E-state index in [0.717, 1.165) is 38.4 Å². The molecular weight excluding hydrogens is 392 g/mol. The Hall–Kier alpha value is -1.39. The third-order valence-electron chi connectivity index (χ3n) is 10.6. The Morgan fingerprint density at radius 2 is 1.61 bits per heavy atom. The third kappa shape index (κ3) is 3.74. The molecule has 0 heterocycles. The van der Waals surface area contributed by atoms with Crippen LogP contribution in [0.1, 0.15) is 85.0 Å². The molecule has 5 heteroatoms. The quantitative estimate of drug-likeness (QED) is 0.507. The van der Waals surface area contributed by atoms with Crippen LogP contribution in [-0.2, 0) is 23.9 Å². The molecule has 0 bridgehead atoms. The number of carbonyl (C=O) groups excluding carboxylic acids is 3. The predicted octanol–water partition coefficient (Wildman–Crippen LogP) is 4.95. The summed E-state index contributed by atoms with van der Waals surface area (Å²) in [5.74, 6) is 3.22. The van der Waals surface area contributed by atoms with Crippen molar-refractivity contribution in [2.24, 2.45) is 46.3 Å². The van der Waals surface area contributed by atoms with E-state index < -0.39 is 0 Å². The minimum atomic E-state index is -0.0239. The molecule has 4 rings (SSSR count). The Kier molecular flexibility index (Phi) is 6.52. The first-order valence-electron chi connectivity index (χ1n) is 12.5. The molecule has 0 aromatic rings. The molecule has 5 nitrogen and oxygen atoms in total. The van der Waals surface area contributed by atoms with E-state index in [9.17, 15) is 14.4 Å². The Bertz CT molecular complexity index is 679. The van der Waals surface area contributed by atoms with Crippen LogP contribution >= 0.6 is 0 Å². The summed E-state index contributed by atoms with van der Waals surface area (Å²) < 4.78 is 11.2. The summed E-state index contributed by atoms with van der Waals surface area (Å²) in [5.41, 5.74) is 0.508. The van der Waals surface area contributed by atoms with Gasteiger partial charge in [0.05, 0.1) is 0 Å². The van der Waals surface area contributed by atoms with Crippen LogP contribution in [0.3, 0.4) is 0 Å². The van der Waals surface area contributed by atoms with Gasteiger partial charge in [0.2, 0.25) is 0 Å². The van der Waals surface area contributed by atoms with Crippen LogP contribution in [0, 0.1) is 46.3 Å². The van der Waals surface area contributed by atoms with Crippen molar-refractivity contribution in [2.75, 3.05) is 0 Å². The highest BCUT2D eigenvalue weighted by Crippen LogP contribution is 2.68. The highest BCUT2D eigenvalue weighted by atomic mass is 16.5. The van der Waals surface area contributed by atoms with Gasteiger partial charge in [-0.25, -0.2) is 0 Å². The molecule has 0 unspecified atom stereocenters. The molecule has 10 atom stereocenters. The van der Waals surface area contributed by atoms with Crippen LogP contribution in [-0.4, -0.2) is 31.4 Å². The van der Waals surface area contributed by atoms with E-state index in [1.54, 1.807) is 0 Å². The van der Waals surface area contributed by atoms with Gasteiger partial charge in [-0.1, -0.05) is 20.8 Å². The Morgan fingerprint density at radius 3 is 2.32 bits per heavy atom. The fraction of sp³-hybridized carbons (Fsp3) is 0.885. The lowest BCUT2D eigenvalue weighted by atomic mass is 9.43. The Morgan fingerprint density at radius 1 is 0.903 bits per heavy atom. The molecule has 0 aliphatic heterocycles. The normalized spacial score (nSPS) is 47.3. The molecule has 0 aromatic carbocycles. The van der Waals surface area contributed by atoms with Gasteiger partial charge >= 0.3 is 0 Å². The molecule has 4 aliphatic rings. The zero-order valence-electron chi connectivity index (χ0n) is 19.5. The highest BCUT2D eigenvalue weighted by molar-refractivity contribution is 5.49. The second kappa shape index (κ2) is 8.86. The highest BCUT2D eigenvalue weighted by Gasteiger charge is 2.63. The largest absolute Gasteiger partial charge is 0.465 e. The van der Waals surface area contributed by atoms with E-state index in [4.69, 9.17) is 9.47 Å². The molecule has 4 fully saturated rings. The Balaban J connectivity index is 1.60. The van der Waals surface area contributed by atoms with Crippen molar-refractivity contribution in [1.82, 2.24) is 0 Å². The molecule has 0 spiro atoms. The summed E-state index contributed by atoms with van der Waals surface area (Å²) in [5, 5.41) is 0. The zero-order valence-corrected chi connectivity index (χ0v) is 19.5. The van der Waals surface area contributed by atoms with Crippen molar-refractivity contribution in [3.63, 3.8) is 0 Å². The maximum atomic E-state index is 11.5. The lowest BCUT2D eigenvalue weighted by molar-refractivity contribution is -0.190. The smallest absolute Gasteiger partial charge is 0.293 e. The van der Waals surface area contributed by atoms with E-state index in [2.05, 4.69) is 20.8 Å². The van der Waals surface area contributed by atoms with Crippen LogP contribution in [0.5, 0.6) is 0 Å². The maximum absolute atomic E-state index is 11.5. The fourth-order valence-electron chi connectivity index (χ4n) is 9.08. The van der Waals surface area contributed by atoms with Gasteiger partial charge < -0.3 is 14.3 Å². The molecule has 0 aromatic heterocycles. The Labute approximate surface area is 187 Å². The van der Waals surface area contributed by atoms with Gasteiger partial charge in [-0.2, -0.15) is 0 Å². The minimum absolute atomic E-state index is 0.00684. The summed E-state index contributed by atoms with van der Waals surface area (Å²) in [4.78, 5) is 33.3. The summed E-state index contributed by atoms with van der Waals surface area (Å²) in [6.45, 7) is 8.54. The molecule has 31 heavy (non-hydrogen) atoms. The van der Waals surface area contributed by atoms with E-state index in [-0.39, 0.29) is 23.0 Å². The second-order valence-electron chi connectivity index (χ2n) is 11.6. The summed E-state index contributed by atoms with van der Waals surface area (Å²) in [7, 11) is 0. The summed E-state index contributed by atoms with van der Waals surface area (Å²) in [6, 6.07) is 0. The first-order chi connectivity index (χ1) is 14.9. The van der Waals surface area contributed by atoms with Crippen molar-refractivity contribution in [2.45, 2.75) is 97.2 Å². The molecule has 0 N–H and O–H groups in total. The number of hydrogen-bond acceptors (Lipinski definition) is 5. The van der Waals surface area contributed by atoms with Crippen molar-refractivity contribution in [3.8, 4) is 0 Å². The average Bonchev–Trinajstić information content (AvgIpc) is 3.10. The number of fused-ring (bicyclic) bond motifs is 5. The van der Waals surface area contributed by atoms with Gasteiger partial charge in [-0.15, -0.1) is 0 Å². The van der Waals surface area contributed by atoms with E-state index in [1.807, 2.05) is 0 Å². The maximum Gasteiger partial charge on any atom is 0.293 e. The number of aldehydes is 1. The number of rotatable bonds is 8. The van der Waals surface area contributed by atoms with E-state index >= 15 is 0 Å². The van der Waals surface area contributed by atoms with Gasteiger partial charge in [-0.3, -0.25) is 9.59 Å². The van der Waals surface area contributed by atoms with Crippen molar-refractivity contribution < 1.29 is 23.9 Å². The lowest BCUT2D eigenvalue weighted by Crippen LogP contribution is -2.59. The summed E-state index contributed by atoms with van der Waals surface area (Å²) >= 11 is 0. The second-order valence-corrected chi connectivity index (χ2v) is 11.6. The van der Waals surface area contributed by atoms with E-state index in [0.29, 0.717) is 54.9 Å². The summed E-state index contributed by atoms with van der Waals surface area (Å²) in [6.07, 6.45) is 11.4. The fourth-order valence-corrected chi connectivity index (χ4v) is 9.08. The van der Waals surface area contributed by atoms with Crippen LogP contribution in [0.25, 0.3) is 0 Å². The molecule has 174 valence electrons. The van der Waals surface area contributed by atoms with Crippen LogP contribution in [0.15, 0.2) is 0 Å². The van der Waals surface area contributed by atoms with Crippen LogP contribution in [0.2, 0.25) is 0 Å². The average molecular weight is 433 g/mol. The molecule has 4 saturated carbocycles. The van der Waals surface area contributed by atoms with Crippen molar-refractivity contribution in [3.05, 3.63) is 0 Å². The molecule has 0 saturated heterocycles. The van der Waals surface area contributed by atoms with Crippen LogP contribution in [0.4, 0.5) is 0 Å². The standard InChI is InChI=1S/C26H40O5/c1-17(5-4-12-27)20-6-7-21-24-22(9-11-26(20,21)3)25(2)10-8-19(30-15-28)13-18(25)14-23(24)31-16-29/h12,15-24H,4-11,13-14H2,1-3H3/t17-,18+,19-,20-,21+,22+,23-,24+,25+,26-/m1/s1. The number of carbonyl (C=O) groups is 3. The molecular formula is C26H40O5. The van der Waals surface area contributed by atoms with Gasteiger partial charge in [-0.05, 0) is 98.2 Å². The molecule has 4 aliphatic carbocycles. The zero-order chi connectivity index (χ0) is 22.2.